The number of para-hydroxylation sites is 1. The molecule has 2 aromatic heterocycles. The highest BCUT2D eigenvalue weighted by atomic mass is 35.5. The van der Waals surface area contributed by atoms with E-state index in [1.165, 1.54) is 12.1 Å². The standard InChI is InChI=1S/C25H14ClNO5/c26-15-10-11-20-17(12-15)18(28)13-21(31-20)25(30)27-22-16-8-4-5-9-19(16)32-24(22)23(29)14-6-2-1-3-7-14/h1-13H,(H,27,30). The summed E-state index contributed by atoms with van der Waals surface area (Å²) < 4.78 is 11.4. The Morgan fingerprint density at radius 2 is 1.50 bits per heavy atom. The molecule has 0 atom stereocenters. The molecule has 1 amide bonds. The van der Waals surface area contributed by atoms with Gasteiger partial charge >= 0.3 is 0 Å². The zero-order valence-electron chi connectivity index (χ0n) is 16.4. The Bertz CT molecular complexity index is 1570. The molecule has 0 bridgehead atoms. The van der Waals surface area contributed by atoms with Crippen LogP contribution in [0.4, 0.5) is 5.69 Å². The predicted molar refractivity (Wildman–Crippen MR) is 122 cm³/mol. The Hall–Kier alpha value is -4.16. The predicted octanol–water partition coefficient (Wildman–Crippen LogP) is 5.68. The van der Waals surface area contributed by atoms with Crippen LogP contribution in [-0.2, 0) is 0 Å². The Kier molecular flexibility index (Phi) is 4.84. The molecule has 0 radical (unpaired) electrons. The van der Waals surface area contributed by atoms with Crippen LogP contribution in [-0.4, -0.2) is 11.7 Å². The summed E-state index contributed by atoms with van der Waals surface area (Å²) in [6.45, 7) is 0. The fourth-order valence-electron chi connectivity index (χ4n) is 3.47. The molecule has 5 aromatic rings. The number of anilines is 1. The highest BCUT2D eigenvalue weighted by Crippen LogP contribution is 2.33. The number of benzene rings is 3. The number of halogens is 1. The number of hydrogen-bond acceptors (Lipinski definition) is 5. The van der Waals surface area contributed by atoms with Gasteiger partial charge in [0.1, 0.15) is 11.2 Å². The zero-order chi connectivity index (χ0) is 22.2. The highest BCUT2D eigenvalue weighted by molar-refractivity contribution is 6.31. The number of amides is 1. The minimum absolute atomic E-state index is 0.0133. The van der Waals surface area contributed by atoms with E-state index in [0.29, 0.717) is 21.6 Å². The lowest BCUT2D eigenvalue weighted by Gasteiger charge is -2.07. The third-order valence-corrected chi connectivity index (χ3v) is 5.22. The van der Waals surface area contributed by atoms with E-state index in [4.69, 9.17) is 20.4 Å². The van der Waals surface area contributed by atoms with Crippen LogP contribution in [0.3, 0.4) is 0 Å². The molecule has 2 heterocycles. The van der Waals surface area contributed by atoms with Gasteiger partial charge in [-0.1, -0.05) is 54.1 Å². The van der Waals surface area contributed by atoms with Crippen molar-refractivity contribution in [3.05, 3.63) is 111 Å². The number of fused-ring (bicyclic) bond motifs is 2. The summed E-state index contributed by atoms with van der Waals surface area (Å²) in [6.07, 6.45) is 0. The zero-order valence-corrected chi connectivity index (χ0v) is 17.2. The lowest BCUT2D eigenvalue weighted by molar-refractivity contribution is 0.0997. The summed E-state index contributed by atoms with van der Waals surface area (Å²) in [4.78, 5) is 38.6. The van der Waals surface area contributed by atoms with Crippen molar-refractivity contribution in [2.75, 3.05) is 5.32 Å². The molecule has 3 aromatic carbocycles. The summed E-state index contributed by atoms with van der Waals surface area (Å²) in [5.74, 6) is -1.28. The van der Waals surface area contributed by atoms with Crippen molar-refractivity contribution >= 4 is 50.9 Å². The lowest BCUT2D eigenvalue weighted by Crippen LogP contribution is -2.16. The minimum Gasteiger partial charge on any atom is -0.451 e. The molecule has 0 aliphatic rings. The van der Waals surface area contributed by atoms with Crippen molar-refractivity contribution in [1.29, 1.82) is 0 Å². The molecular weight excluding hydrogens is 430 g/mol. The smallest absolute Gasteiger partial charge is 0.291 e. The summed E-state index contributed by atoms with van der Waals surface area (Å²) in [6, 6.07) is 21.2. The molecule has 0 saturated heterocycles. The summed E-state index contributed by atoms with van der Waals surface area (Å²) >= 11 is 5.94. The number of ketones is 1. The Morgan fingerprint density at radius 1 is 0.781 bits per heavy atom. The van der Waals surface area contributed by atoms with Crippen molar-refractivity contribution in [1.82, 2.24) is 0 Å². The summed E-state index contributed by atoms with van der Waals surface area (Å²) in [5, 5.41) is 3.89. The molecule has 0 fully saturated rings. The second kappa shape index (κ2) is 7.83. The Balaban J connectivity index is 1.59. The fraction of sp³-hybridized carbons (Fsp3) is 0. The fourth-order valence-corrected chi connectivity index (χ4v) is 3.64. The largest absolute Gasteiger partial charge is 0.451 e. The van der Waals surface area contributed by atoms with E-state index in [0.717, 1.165) is 6.07 Å². The number of carbonyl (C=O) groups excluding carboxylic acids is 2. The van der Waals surface area contributed by atoms with Gasteiger partial charge in [0.05, 0.1) is 11.1 Å². The second-order valence-electron chi connectivity index (χ2n) is 7.07. The molecule has 6 nitrogen and oxygen atoms in total. The lowest BCUT2D eigenvalue weighted by atomic mass is 10.1. The molecule has 0 spiro atoms. The first-order valence-corrected chi connectivity index (χ1v) is 10.0. The quantitative estimate of drug-likeness (QED) is 0.361. The van der Waals surface area contributed by atoms with Crippen molar-refractivity contribution in [2.45, 2.75) is 0 Å². The van der Waals surface area contributed by atoms with E-state index in [1.807, 2.05) is 0 Å². The van der Waals surface area contributed by atoms with Crippen LogP contribution in [0.1, 0.15) is 26.7 Å². The molecule has 0 saturated carbocycles. The van der Waals surface area contributed by atoms with Crippen LogP contribution < -0.4 is 10.7 Å². The van der Waals surface area contributed by atoms with Crippen LogP contribution >= 0.6 is 11.6 Å². The second-order valence-corrected chi connectivity index (χ2v) is 7.50. The maximum Gasteiger partial charge on any atom is 0.291 e. The van der Waals surface area contributed by atoms with E-state index in [2.05, 4.69) is 5.32 Å². The maximum absolute atomic E-state index is 13.1. The monoisotopic (exact) mass is 443 g/mol. The normalized spacial score (nSPS) is 11.0. The molecule has 7 heteroatoms. The molecular formula is C25H14ClNO5. The van der Waals surface area contributed by atoms with E-state index >= 15 is 0 Å². The van der Waals surface area contributed by atoms with Gasteiger partial charge in [0.25, 0.3) is 5.91 Å². The van der Waals surface area contributed by atoms with E-state index in [9.17, 15) is 14.4 Å². The van der Waals surface area contributed by atoms with E-state index in [-0.39, 0.29) is 34.0 Å². The number of furan rings is 1. The van der Waals surface area contributed by atoms with Gasteiger partial charge in [0.2, 0.25) is 5.78 Å². The van der Waals surface area contributed by atoms with Gasteiger partial charge < -0.3 is 14.2 Å². The van der Waals surface area contributed by atoms with Crippen LogP contribution in [0.25, 0.3) is 21.9 Å². The van der Waals surface area contributed by atoms with Gasteiger partial charge in [0, 0.05) is 22.0 Å². The van der Waals surface area contributed by atoms with Crippen molar-refractivity contribution in [2.24, 2.45) is 0 Å². The molecule has 0 aliphatic carbocycles. The summed E-state index contributed by atoms with van der Waals surface area (Å²) in [7, 11) is 0. The van der Waals surface area contributed by atoms with Crippen LogP contribution in [0.5, 0.6) is 0 Å². The first-order chi connectivity index (χ1) is 15.5. The van der Waals surface area contributed by atoms with Crippen LogP contribution in [0.2, 0.25) is 5.02 Å². The van der Waals surface area contributed by atoms with E-state index in [1.54, 1.807) is 60.7 Å². The minimum atomic E-state index is -0.687. The molecule has 0 aliphatic heterocycles. The molecule has 156 valence electrons. The van der Waals surface area contributed by atoms with Crippen LogP contribution in [0.15, 0.2) is 92.5 Å². The van der Waals surface area contributed by atoms with Gasteiger partial charge in [-0.3, -0.25) is 14.4 Å². The molecule has 0 unspecified atom stereocenters. The Labute approximate surface area is 186 Å². The third-order valence-electron chi connectivity index (χ3n) is 4.99. The molecule has 5 rings (SSSR count). The molecule has 1 N–H and O–H groups in total. The summed E-state index contributed by atoms with van der Waals surface area (Å²) in [5.41, 5.74) is 0.882. The first kappa shape index (κ1) is 19.8. The van der Waals surface area contributed by atoms with Gasteiger partial charge in [-0.2, -0.15) is 0 Å². The average Bonchev–Trinajstić information content (AvgIpc) is 3.18. The Morgan fingerprint density at radius 3 is 2.31 bits per heavy atom. The SMILES string of the molecule is O=C(Nc1c(C(=O)c2ccccc2)oc2ccccc12)c1cc(=O)c2cc(Cl)ccc2o1. The number of rotatable bonds is 4. The van der Waals surface area contributed by atoms with Gasteiger partial charge in [-0.25, -0.2) is 0 Å². The topological polar surface area (TPSA) is 89.5 Å². The number of carbonyl (C=O) groups is 2. The molecule has 32 heavy (non-hydrogen) atoms. The van der Waals surface area contributed by atoms with E-state index < -0.39 is 11.3 Å². The van der Waals surface area contributed by atoms with Gasteiger partial charge in [0.15, 0.2) is 16.9 Å². The van der Waals surface area contributed by atoms with Crippen molar-refractivity contribution in [3.8, 4) is 0 Å². The number of nitrogens with one attached hydrogen (secondary N) is 1. The first-order valence-electron chi connectivity index (χ1n) is 9.67. The highest BCUT2D eigenvalue weighted by Gasteiger charge is 2.24. The third kappa shape index (κ3) is 3.46. The number of hydrogen-bond donors (Lipinski definition) is 1. The van der Waals surface area contributed by atoms with Gasteiger partial charge in [-0.15, -0.1) is 0 Å². The van der Waals surface area contributed by atoms with Gasteiger partial charge in [-0.05, 0) is 30.3 Å². The average molecular weight is 444 g/mol. The van der Waals surface area contributed by atoms with Crippen molar-refractivity contribution in [3.63, 3.8) is 0 Å². The van der Waals surface area contributed by atoms with Crippen LogP contribution in [0, 0.1) is 0 Å². The maximum atomic E-state index is 13.1. The van der Waals surface area contributed by atoms with Crippen molar-refractivity contribution < 1.29 is 18.4 Å².